The third-order valence-electron chi connectivity index (χ3n) is 3.84. The maximum absolute atomic E-state index is 12.2. The van der Waals surface area contributed by atoms with Crippen LogP contribution in [0.4, 0.5) is 0 Å². The maximum atomic E-state index is 12.2. The van der Waals surface area contributed by atoms with Crippen LogP contribution in [0.5, 0.6) is 11.5 Å². The van der Waals surface area contributed by atoms with Crippen LogP contribution in [0, 0.1) is 5.92 Å². The molecule has 0 amide bonds. The molecule has 0 spiro atoms. The number of rotatable bonds is 8. The number of esters is 1. The lowest BCUT2D eigenvalue weighted by molar-refractivity contribution is -0.151. The fourth-order valence-corrected chi connectivity index (χ4v) is 2.55. The summed E-state index contributed by atoms with van der Waals surface area (Å²) >= 11 is 0. The van der Waals surface area contributed by atoms with Gasteiger partial charge in [-0.2, -0.15) is 0 Å². The van der Waals surface area contributed by atoms with Crippen LogP contribution in [0.15, 0.2) is 24.3 Å². The first-order valence-corrected chi connectivity index (χ1v) is 7.26. The molecular formula is C16H23NO4. The van der Waals surface area contributed by atoms with Crippen molar-refractivity contribution in [2.75, 3.05) is 27.4 Å². The molecule has 1 atom stereocenters. The van der Waals surface area contributed by atoms with Crippen LogP contribution < -0.4 is 14.8 Å². The highest BCUT2D eigenvalue weighted by atomic mass is 16.5. The second kappa shape index (κ2) is 6.80. The van der Waals surface area contributed by atoms with Crippen molar-refractivity contribution in [2.24, 2.45) is 5.92 Å². The van der Waals surface area contributed by atoms with Crippen LogP contribution in [-0.2, 0) is 9.53 Å². The van der Waals surface area contributed by atoms with Gasteiger partial charge in [0.1, 0.15) is 18.1 Å². The summed E-state index contributed by atoms with van der Waals surface area (Å²) in [4.78, 5) is 12.2. The Balaban J connectivity index is 2.08. The first-order valence-electron chi connectivity index (χ1n) is 7.26. The number of methoxy groups -OCH3 is 2. The zero-order valence-electron chi connectivity index (χ0n) is 12.8. The average molecular weight is 293 g/mol. The fourth-order valence-electron chi connectivity index (χ4n) is 2.55. The third-order valence-corrected chi connectivity index (χ3v) is 3.84. The van der Waals surface area contributed by atoms with Gasteiger partial charge in [-0.05, 0) is 49.6 Å². The van der Waals surface area contributed by atoms with Crippen molar-refractivity contribution in [3.8, 4) is 11.5 Å². The lowest BCUT2D eigenvalue weighted by Crippen LogP contribution is -2.58. The third kappa shape index (κ3) is 3.47. The van der Waals surface area contributed by atoms with Gasteiger partial charge in [-0.15, -0.1) is 0 Å². The first kappa shape index (κ1) is 15.6. The van der Waals surface area contributed by atoms with E-state index in [4.69, 9.17) is 14.2 Å². The molecule has 0 heterocycles. The van der Waals surface area contributed by atoms with Crippen molar-refractivity contribution in [1.29, 1.82) is 0 Å². The minimum Gasteiger partial charge on any atom is -0.497 e. The van der Waals surface area contributed by atoms with Crippen LogP contribution in [0.1, 0.15) is 19.8 Å². The molecule has 5 heteroatoms. The summed E-state index contributed by atoms with van der Waals surface area (Å²) in [5.74, 6) is 1.52. The van der Waals surface area contributed by atoms with Gasteiger partial charge in [0.25, 0.3) is 0 Å². The molecule has 1 aliphatic rings. The predicted molar refractivity (Wildman–Crippen MR) is 79.6 cm³/mol. The summed E-state index contributed by atoms with van der Waals surface area (Å²) in [6.45, 7) is 2.94. The van der Waals surface area contributed by atoms with Gasteiger partial charge in [0.15, 0.2) is 5.54 Å². The molecule has 1 aliphatic carbocycles. The Morgan fingerprint density at radius 2 is 1.86 bits per heavy atom. The van der Waals surface area contributed by atoms with Gasteiger partial charge in [-0.1, -0.05) is 6.92 Å². The van der Waals surface area contributed by atoms with Gasteiger partial charge in [0.2, 0.25) is 0 Å². The standard InChI is InChI=1S/C16H23NO4/c1-4-17-16(12-5-6-12,15(18)20-3)11-21-14-9-7-13(19-2)8-10-14/h7-10,12,17H,4-6,11H2,1-3H3. The molecule has 21 heavy (non-hydrogen) atoms. The maximum Gasteiger partial charge on any atom is 0.329 e. The van der Waals surface area contributed by atoms with Crippen molar-refractivity contribution < 1.29 is 19.0 Å². The summed E-state index contributed by atoms with van der Waals surface area (Å²) in [5.41, 5.74) is -0.747. The van der Waals surface area contributed by atoms with Crippen molar-refractivity contribution >= 4 is 5.97 Å². The van der Waals surface area contributed by atoms with Crippen molar-refractivity contribution in [3.05, 3.63) is 24.3 Å². The van der Waals surface area contributed by atoms with Gasteiger partial charge in [0.05, 0.1) is 14.2 Å². The zero-order chi connectivity index (χ0) is 15.3. The van der Waals surface area contributed by atoms with Gasteiger partial charge < -0.3 is 14.2 Å². The summed E-state index contributed by atoms with van der Waals surface area (Å²) in [7, 11) is 3.04. The molecule has 0 aliphatic heterocycles. The normalized spacial score (nSPS) is 16.9. The van der Waals surface area contributed by atoms with Crippen LogP contribution in [-0.4, -0.2) is 38.9 Å². The predicted octanol–water partition coefficient (Wildman–Crippen LogP) is 2.01. The molecule has 0 aromatic heterocycles. The average Bonchev–Trinajstić information content (AvgIpc) is 3.36. The number of nitrogens with one attached hydrogen (secondary N) is 1. The molecule has 1 aromatic carbocycles. The Kier molecular flexibility index (Phi) is 5.07. The number of ether oxygens (including phenoxy) is 3. The number of benzene rings is 1. The smallest absolute Gasteiger partial charge is 0.329 e. The molecule has 0 bridgehead atoms. The first-order chi connectivity index (χ1) is 10.2. The lowest BCUT2D eigenvalue weighted by Gasteiger charge is -2.31. The number of likely N-dealkylation sites (N-methyl/N-ethyl adjacent to an activating group) is 1. The number of hydrogen-bond donors (Lipinski definition) is 1. The molecule has 5 nitrogen and oxygen atoms in total. The molecule has 116 valence electrons. The van der Waals surface area contributed by atoms with Gasteiger partial charge in [-0.3, -0.25) is 5.32 Å². The van der Waals surface area contributed by atoms with Crippen molar-refractivity contribution in [2.45, 2.75) is 25.3 Å². The largest absolute Gasteiger partial charge is 0.497 e. The van der Waals surface area contributed by atoms with E-state index < -0.39 is 5.54 Å². The molecular weight excluding hydrogens is 270 g/mol. The van der Waals surface area contributed by atoms with Gasteiger partial charge >= 0.3 is 5.97 Å². The molecule has 1 unspecified atom stereocenters. The van der Waals surface area contributed by atoms with Crippen LogP contribution in [0.3, 0.4) is 0 Å². The molecule has 1 aromatic rings. The summed E-state index contributed by atoms with van der Waals surface area (Å²) < 4.78 is 15.9. The summed E-state index contributed by atoms with van der Waals surface area (Å²) in [5, 5.41) is 3.28. The molecule has 0 saturated heterocycles. The summed E-state index contributed by atoms with van der Waals surface area (Å²) in [6.07, 6.45) is 2.04. The lowest BCUT2D eigenvalue weighted by atomic mass is 9.94. The van der Waals surface area contributed by atoms with Crippen molar-refractivity contribution in [3.63, 3.8) is 0 Å². The van der Waals surface area contributed by atoms with Crippen LogP contribution >= 0.6 is 0 Å². The fraction of sp³-hybridized carbons (Fsp3) is 0.562. The van der Waals surface area contributed by atoms with Crippen molar-refractivity contribution in [1.82, 2.24) is 5.32 Å². The highest BCUT2D eigenvalue weighted by Gasteiger charge is 2.52. The Labute approximate surface area is 125 Å². The van der Waals surface area contributed by atoms with E-state index in [-0.39, 0.29) is 18.5 Å². The Morgan fingerprint density at radius 1 is 1.24 bits per heavy atom. The minimum absolute atomic E-state index is 0.250. The quantitative estimate of drug-likeness (QED) is 0.743. The number of carbonyl (C=O) groups is 1. The Morgan fingerprint density at radius 3 is 2.33 bits per heavy atom. The Hall–Kier alpha value is -1.75. The minimum atomic E-state index is -0.747. The van der Waals surface area contributed by atoms with E-state index in [9.17, 15) is 4.79 Å². The monoisotopic (exact) mass is 293 g/mol. The molecule has 1 fully saturated rings. The van der Waals surface area contributed by atoms with E-state index in [1.165, 1.54) is 7.11 Å². The SMILES string of the molecule is CCNC(COc1ccc(OC)cc1)(C(=O)OC)C1CC1. The van der Waals surface area contributed by atoms with E-state index in [0.717, 1.165) is 18.6 Å². The van der Waals surface area contributed by atoms with E-state index in [2.05, 4.69) is 5.32 Å². The number of hydrogen-bond acceptors (Lipinski definition) is 5. The summed E-state index contributed by atoms with van der Waals surface area (Å²) in [6, 6.07) is 7.33. The molecule has 1 N–H and O–H groups in total. The molecule has 2 rings (SSSR count). The second-order valence-corrected chi connectivity index (χ2v) is 5.23. The van der Waals surface area contributed by atoms with E-state index >= 15 is 0 Å². The van der Waals surface area contributed by atoms with Crippen LogP contribution in [0.2, 0.25) is 0 Å². The molecule has 0 radical (unpaired) electrons. The zero-order valence-corrected chi connectivity index (χ0v) is 12.8. The Bertz CT molecular complexity index is 470. The highest BCUT2D eigenvalue weighted by Crippen LogP contribution is 2.41. The van der Waals surface area contributed by atoms with Gasteiger partial charge in [-0.25, -0.2) is 4.79 Å². The van der Waals surface area contributed by atoms with Crippen LogP contribution in [0.25, 0.3) is 0 Å². The topological polar surface area (TPSA) is 56.8 Å². The van der Waals surface area contributed by atoms with E-state index in [1.807, 2.05) is 31.2 Å². The van der Waals surface area contributed by atoms with Gasteiger partial charge in [0, 0.05) is 0 Å². The van der Waals surface area contributed by atoms with E-state index in [1.54, 1.807) is 7.11 Å². The molecule has 1 saturated carbocycles. The highest BCUT2D eigenvalue weighted by molar-refractivity contribution is 5.82. The number of carbonyl (C=O) groups excluding carboxylic acids is 1. The second-order valence-electron chi connectivity index (χ2n) is 5.23. The van der Waals surface area contributed by atoms with E-state index in [0.29, 0.717) is 12.3 Å².